The summed E-state index contributed by atoms with van der Waals surface area (Å²) in [6.07, 6.45) is 2.36. The van der Waals surface area contributed by atoms with Gasteiger partial charge in [0.1, 0.15) is 12.3 Å². The third-order valence-electron chi connectivity index (χ3n) is 4.89. The third-order valence-corrected chi connectivity index (χ3v) is 6.03. The molecule has 0 aliphatic carbocycles. The molecule has 30 heavy (non-hydrogen) atoms. The number of hydrogen-bond acceptors (Lipinski definition) is 5. The van der Waals surface area contributed by atoms with Gasteiger partial charge in [0.05, 0.1) is 19.1 Å². The fourth-order valence-electron chi connectivity index (χ4n) is 3.38. The molecule has 1 fully saturated rings. The van der Waals surface area contributed by atoms with Gasteiger partial charge in [0.25, 0.3) is 0 Å². The van der Waals surface area contributed by atoms with Crippen LogP contribution in [0.2, 0.25) is 0 Å². The van der Waals surface area contributed by atoms with Crippen LogP contribution < -0.4 is 19.3 Å². The van der Waals surface area contributed by atoms with Crippen molar-refractivity contribution in [2.45, 2.75) is 19.8 Å². The van der Waals surface area contributed by atoms with Crippen molar-refractivity contribution in [3.8, 4) is 5.75 Å². The fourth-order valence-corrected chi connectivity index (χ4v) is 4.23. The van der Waals surface area contributed by atoms with Crippen molar-refractivity contribution in [1.82, 2.24) is 0 Å². The summed E-state index contributed by atoms with van der Waals surface area (Å²) >= 11 is 0. The van der Waals surface area contributed by atoms with Gasteiger partial charge in [0.2, 0.25) is 21.8 Å². The molecule has 0 radical (unpaired) electrons. The molecular weight excluding hydrogens is 406 g/mol. The SMILES string of the molecule is COc1cccc(N(CC(=O)Nc2ccc(C)c(N3CCCC3=O)c2)S(C)(=O)=O)c1. The minimum Gasteiger partial charge on any atom is -0.497 e. The highest BCUT2D eigenvalue weighted by Gasteiger charge is 2.24. The minimum absolute atomic E-state index is 0.0582. The average Bonchev–Trinajstić information content (AvgIpc) is 3.12. The van der Waals surface area contributed by atoms with Crippen LogP contribution >= 0.6 is 0 Å². The van der Waals surface area contributed by atoms with Crippen LogP contribution in [0.4, 0.5) is 17.1 Å². The van der Waals surface area contributed by atoms with Crippen LogP contribution in [0.25, 0.3) is 0 Å². The van der Waals surface area contributed by atoms with Gasteiger partial charge in [-0.2, -0.15) is 0 Å². The Labute approximate surface area is 176 Å². The lowest BCUT2D eigenvalue weighted by Gasteiger charge is -2.23. The van der Waals surface area contributed by atoms with Crippen LogP contribution in [0.3, 0.4) is 0 Å². The molecule has 9 heteroatoms. The van der Waals surface area contributed by atoms with E-state index >= 15 is 0 Å². The molecular formula is C21H25N3O5S. The van der Waals surface area contributed by atoms with Gasteiger partial charge >= 0.3 is 0 Å². The molecule has 0 unspecified atom stereocenters. The van der Waals surface area contributed by atoms with Gasteiger partial charge in [0, 0.05) is 30.4 Å². The maximum atomic E-state index is 12.7. The second-order valence-corrected chi connectivity index (χ2v) is 9.08. The van der Waals surface area contributed by atoms with Crippen molar-refractivity contribution in [2.75, 3.05) is 41.0 Å². The summed E-state index contributed by atoms with van der Waals surface area (Å²) in [4.78, 5) is 26.4. The van der Waals surface area contributed by atoms with Gasteiger partial charge in [-0.25, -0.2) is 8.42 Å². The summed E-state index contributed by atoms with van der Waals surface area (Å²) in [5.74, 6) is 0.0497. The summed E-state index contributed by atoms with van der Waals surface area (Å²) in [7, 11) is -2.22. The minimum atomic E-state index is -3.70. The zero-order valence-electron chi connectivity index (χ0n) is 17.2. The molecule has 3 rings (SSSR count). The maximum Gasteiger partial charge on any atom is 0.245 e. The zero-order chi connectivity index (χ0) is 21.9. The Kier molecular flexibility index (Phi) is 6.31. The van der Waals surface area contributed by atoms with Crippen molar-refractivity contribution in [3.05, 3.63) is 48.0 Å². The standard InChI is InChI=1S/C21H25N3O5S/c1-15-9-10-16(12-19(15)23-11-5-8-21(23)26)22-20(25)14-24(30(3,27)28)17-6-4-7-18(13-17)29-2/h4,6-7,9-10,12-13H,5,8,11,14H2,1-3H3,(H,22,25). The number of sulfonamides is 1. The summed E-state index contributed by atoms with van der Waals surface area (Å²) in [5, 5.41) is 2.73. The van der Waals surface area contributed by atoms with Gasteiger partial charge < -0.3 is 15.0 Å². The molecule has 1 heterocycles. The Morgan fingerprint density at radius 1 is 1.23 bits per heavy atom. The molecule has 1 saturated heterocycles. The second-order valence-electron chi connectivity index (χ2n) is 7.17. The van der Waals surface area contributed by atoms with Crippen molar-refractivity contribution in [3.63, 3.8) is 0 Å². The molecule has 8 nitrogen and oxygen atoms in total. The molecule has 0 spiro atoms. The first-order chi connectivity index (χ1) is 14.2. The summed E-state index contributed by atoms with van der Waals surface area (Å²) in [6, 6.07) is 11.8. The van der Waals surface area contributed by atoms with Crippen LogP contribution in [-0.4, -0.2) is 46.7 Å². The van der Waals surface area contributed by atoms with E-state index in [2.05, 4.69) is 5.32 Å². The molecule has 0 saturated carbocycles. The monoisotopic (exact) mass is 431 g/mol. The van der Waals surface area contributed by atoms with E-state index in [4.69, 9.17) is 4.74 Å². The van der Waals surface area contributed by atoms with E-state index in [1.807, 2.05) is 13.0 Å². The van der Waals surface area contributed by atoms with E-state index in [1.165, 1.54) is 7.11 Å². The van der Waals surface area contributed by atoms with Crippen LogP contribution in [0.15, 0.2) is 42.5 Å². The van der Waals surface area contributed by atoms with Gasteiger partial charge in [-0.05, 0) is 43.2 Å². The highest BCUT2D eigenvalue weighted by molar-refractivity contribution is 7.92. The Bertz CT molecular complexity index is 1070. The maximum absolute atomic E-state index is 12.7. The third kappa shape index (κ3) is 4.91. The first-order valence-electron chi connectivity index (χ1n) is 9.51. The highest BCUT2D eigenvalue weighted by Crippen LogP contribution is 2.28. The van der Waals surface area contributed by atoms with Gasteiger partial charge in [-0.3, -0.25) is 13.9 Å². The summed E-state index contributed by atoms with van der Waals surface area (Å²) < 4.78 is 30.7. The Morgan fingerprint density at radius 3 is 2.63 bits per heavy atom. The highest BCUT2D eigenvalue weighted by atomic mass is 32.2. The van der Waals surface area contributed by atoms with Gasteiger partial charge in [-0.1, -0.05) is 12.1 Å². The van der Waals surface area contributed by atoms with E-state index in [1.54, 1.807) is 41.3 Å². The quantitative estimate of drug-likeness (QED) is 0.727. The zero-order valence-corrected chi connectivity index (χ0v) is 18.0. The van der Waals surface area contributed by atoms with Crippen LogP contribution in [-0.2, 0) is 19.6 Å². The molecule has 2 amide bonds. The first kappa shape index (κ1) is 21.6. The molecule has 0 bridgehead atoms. The number of ether oxygens (including phenoxy) is 1. The van der Waals surface area contributed by atoms with Crippen LogP contribution in [0.5, 0.6) is 5.75 Å². The smallest absolute Gasteiger partial charge is 0.245 e. The number of carbonyl (C=O) groups excluding carboxylic acids is 2. The largest absolute Gasteiger partial charge is 0.497 e. The number of anilines is 3. The lowest BCUT2D eigenvalue weighted by molar-refractivity contribution is -0.117. The lowest BCUT2D eigenvalue weighted by atomic mass is 10.1. The van der Waals surface area contributed by atoms with E-state index < -0.39 is 22.5 Å². The van der Waals surface area contributed by atoms with Crippen LogP contribution in [0, 0.1) is 6.92 Å². The van der Waals surface area contributed by atoms with Crippen LogP contribution in [0.1, 0.15) is 18.4 Å². The molecule has 1 aliphatic heterocycles. The van der Waals surface area contributed by atoms with E-state index in [9.17, 15) is 18.0 Å². The molecule has 1 N–H and O–H groups in total. The van der Waals surface area contributed by atoms with Gasteiger partial charge in [-0.15, -0.1) is 0 Å². The Morgan fingerprint density at radius 2 is 2.00 bits per heavy atom. The topological polar surface area (TPSA) is 96.0 Å². The predicted octanol–water partition coefficient (Wildman–Crippen LogP) is 2.54. The summed E-state index contributed by atoms with van der Waals surface area (Å²) in [5.41, 5.74) is 2.51. The normalized spacial score (nSPS) is 14.0. The molecule has 2 aromatic carbocycles. The number of methoxy groups -OCH3 is 1. The van der Waals surface area contributed by atoms with Crippen molar-refractivity contribution >= 4 is 38.9 Å². The molecule has 2 aromatic rings. The Balaban J connectivity index is 1.80. The fraction of sp³-hybridized carbons (Fsp3) is 0.333. The van der Waals surface area contributed by atoms with E-state index in [0.29, 0.717) is 30.1 Å². The van der Waals surface area contributed by atoms with E-state index in [0.717, 1.165) is 28.2 Å². The second kappa shape index (κ2) is 8.74. The lowest BCUT2D eigenvalue weighted by Crippen LogP contribution is -2.37. The molecule has 0 atom stereocenters. The van der Waals surface area contributed by atoms with E-state index in [-0.39, 0.29) is 5.91 Å². The van der Waals surface area contributed by atoms with Gasteiger partial charge in [0.15, 0.2) is 0 Å². The predicted molar refractivity (Wildman–Crippen MR) is 117 cm³/mol. The number of nitrogens with one attached hydrogen (secondary N) is 1. The number of aryl methyl sites for hydroxylation is 1. The summed E-state index contributed by atoms with van der Waals surface area (Å²) in [6.45, 7) is 2.16. The molecule has 1 aliphatic rings. The number of nitrogens with zero attached hydrogens (tertiary/aromatic N) is 2. The Hall–Kier alpha value is -3.07. The molecule has 0 aromatic heterocycles. The number of amides is 2. The number of rotatable bonds is 7. The molecule has 160 valence electrons. The van der Waals surface area contributed by atoms with Crippen molar-refractivity contribution in [1.29, 1.82) is 0 Å². The number of hydrogen-bond donors (Lipinski definition) is 1. The number of benzene rings is 2. The first-order valence-corrected chi connectivity index (χ1v) is 11.4. The average molecular weight is 432 g/mol. The van der Waals surface area contributed by atoms with Crippen molar-refractivity contribution < 1.29 is 22.7 Å². The van der Waals surface area contributed by atoms with Crippen molar-refractivity contribution in [2.24, 2.45) is 0 Å². The number of carbonyl (C=O) groups is 2.